The number of benzene rings is 5. The average Bonchev–Trinajstić information content (AvgIpc) is 3.66. The summed E-state index contributed by atoms with van der Waals surface area (Å²) < 4.78 is 8.80. The van der Waals surface area contributed by atoms with E-state index in [-0.39, 0.29) is 21.1 Å². The third kappa shape index (κ3) is 5.68. The molecule has 0 aliphatic carbocycles. The number of nitrogens with zero attached hydrogens (tertiary/aromatic N) is 5. The Morgan fingerprint density at radius 1 is 0.642 bits per heavy atom. The number of rotatable bonds is 5. The Morgan fingerprint density at radius 3 is 2.02 bits per heavy atom. The number of hydrogen-bond acceptors (Lipinski definition) is 5. The van der Waals surface area contributed by atoms with Crippen molar-refractivity contribution in [1.82, 2.24) is 14.4 Å². The molecule has 0 unspecified atom stereocenters. The molecule has 0 radical (unpaired) electrons. The van der Waals surface area contributed by atoms with Gasteiger partial charge in [0, 0.05) is 61.3 Å². The van der Waals surface area contributed by atoms with Crippen molar-refractivity contribution in [3.63, 3.8) is 0 Å². The van der Waals surface area contributed by atoms with Crippen molar-refractivity contribution in [1.29, 1.82) is 0 Å². The number of aromatic nitrogens is 3. The van der Waals surface area contributed by atoms with E-state index in [4.69, 9.17) is 14.7 Å². The van der Waals surface area contributed by atoms with Crippen LogP contribution in [0.3, 0.4) is 0 Å². The van der Waals surface area contributed by atoms with Crippen LogP contribution < -0.4 is 14.5 Å². The summed E-state index contributed by atoms with van der Waals surface area (Å²) >= 11 is 0. The van der Waals surface area contributed by atoms with Crippen LogP contribution in [-0.2, 0) is 21.1 Å². The van der Waals surface area contributed by atoms with Crippen molar-refractivity contribution in [2.24, 2.45) is 0 Å². The quantitative estimate of drug-likeness (QED) is 0.127. The first-order chi connectivity index (χ1) is 25.2. The molecule has 0 amide bonds. The molecule has 266 valence electrons. The zero-order chi connectivity index (χ0) is 35.8. The average molecular weight is 872 g/mol. The molecule has 53 heavy (non-hydrogen) atoms. The zero-order valence-electron chi connectivity index (χ0n) is 30.8. The fourth-order valence-electron chi connectivity index (χ4n) is 8.24. The molecule has 9 rings (SSSR count). The molecule has 7 heteroatoms. The van der Waals surface area contributed by atoms with Crippen molar-refractivity contribution >= 4 is 44.5 Å². The molecule has 0 atom stereocenters. The first kappa shape index (κ1) is 34.6. The van der Waals surface area contributed by atoms with E-state index in [1.54, 1.807) is 0 Å². The number of para-hydroxylation sites is 2. The predicted octanol–water partition coefficient (Wildman–Crippen LogP) is 11.3. The number of pyridine rings is 2. The molecular formula is C46H38N5OPt-3. The molecule has 5 aromatic carbocycles. The maximum Gasteiger partial charge on any atom is 0.128 e. The van der Waals surface area contributed by atoms with E-state index in [2.05, 4.69) is 142 Å². The van der Waals surface area contributed by atoms with E-state index in [0.717, 1.165) is 61.5 Å². The number of anilines is 3. The second-order valence-electron chi connectivity index (χ2n) is 14.1. The standard InChI is InChI=1S/C46H38N5O.Pt/c1-27-20-29(3)41(30(4)21-27)43-44(42-31(5)22-28(2)23-32(42)6)51-45-37(14-11-19-47-45)36-18-17-35(25-38(36)46(51)48-43)52-34-13-10-12-33(24-34)50-26-49(7)39-15-8-9-16-40(39)50;/h8-23,26H,1-7H3;/q-3;. The van der Waals surface area contributed by atoms with Gasteiger partial charge in [-0.05, 0) is 94.4 Å². The van der Waals surface area contributed by atoms with Gasteiger partial charge in [-0.25, -0.2) is 4.98 Å². The Balaban J connectivity index is 0.00000400. The van der Waals surface area contributed by atoms with Gasteiger partial charge in [-0.2, -0.15) is 12.7 Å². The van der Waals surface area contributed by atoms with Crippen LogP contribution in [0.5, 0.6) is 11.5 Å². The van der Waals surface area contributed by atoms with Crippen molar-refractivity contribution in [3.8, 4) is 34.0 Å². The van der Waals surface area contributed by atoms with Crippen LogP contribution in [0.2, 0.25) is 0 Å². The van der Waals surface area contributed by atoms with E-state index >= 15 is 0 Å². The molecule has 0 bridgehead atoms. The Morgan fingerprint density at radius 2 is 1.30 bits per heavy atom. The molecule has 0 N–H and O–H groups in total. The maximum atomic E-state index is 6.55. The Hall–Kier alpha value is -5.45. The summed E-state index contributed by atoms with van der Waals surface area (Å²) in [6.07, 6.45) is 1.87. The summed E-state index contributed by atoms with van der Waals surface area (Å²) in [5, 5.41) is 2.92. The fraction of sp³-hybridized carbons (Fsp3) is 0.152. The minimum absolute atomic E-state index is 0. The first-order valence-electron chi connectivity index (χ1n) is 17.6. The number of aryl methyl sites for hydroxylation is 6. The topological polar surface area (TPSA) is 45.9 Å². The van der Waals surface area contributed by atoms with Gasteiger partial charge in [-0.3, -0.25) is 4.98 Å². The minimum atomic E-state index is 0. The third-order valence-corrected chi connectivity index (χ3v) is 10.2. The van der Waals surface area contributed by atoms with Crippen LogP contribution in [0.15, 0.2) is 97.2 Å². The molecule has 4 heterocycles. The Bertz CT molecular complexity index is 2700. The molecule has 3 aromatic heterocycles. The third-order valence-electron chi connectivity index (χ3n) is 10.2. The molecule has 0 fully saturated rings. The second kappa shape index (κ2) is 13.2. The van der Waals surface area contributed by atoms with Gasteiger partial charge in [0.05, 0.1) is 17.0 Å². The van der Waals surface area contributed by atoms with Crippen LogP contribution in [0.4, 0.5) is 17.1 Å². The zero-order valence-corrected chi connectivity index (χ0v) is 33.0. The first-order valence-corrected chi connectivity index (χ1v) is 17.6. The maximum absolute atomic E-state index is 6.55. The van der Waals surface area contributed by atoms with Crippen LogP contribution in [0.25, 0.3) is 50.0 Å². The van der Waals surface area contributed by atoms with Gasteiger partial charge in [-0.1, -0.05) is 70.4 Å². The summed E-state index contributed by atoms with van der Waals surface area (Å²) in [7, 11) is 2.05. The molecule has 8 aromatic rings. The van der Waals surface area contributed by atoms with Crippen molar-refractivity contribution in [3.05, 3.63) is 149 Å². The predicted molar refractivity (Wildman–Crippen MR) is 213 cm³/mol. The van der Waals surface area contributed by atoms with E-state index in [1.807, 2.05) is 36.5 Å². The molecular weight excluding hydrogens is 834 g/mol. The summed E-state index contributed by atoms with van der Waals surface area (Å²) in [5.41, 5.74) is 16.3. The smallest absolute Gasteiger partial charge is 0.128 e. The van der Waals surface area contributed by atoms with Crippen molar-refractivity contribution < 1.29 is 25.8 Å². The SMILES string of the molecule is Cc1cc(C)c(-c2nc3c4[c-]c(Oc5[c-]c(N6[CH-]N(C)c7ccccc76)ccc5)ccc4c4cccnc4n3c2-c2c(C)cc(C)cc2C)c(C)c1.[Pt]. The summed E-state index contributed by atoms with van der Waals surface area (Å²) in [5.74, 6) is 1.19. The van der Waals surface area contributed by atoms with Gasteiger partial charge in [-0.15, -0.1) is 36.0 Å². The van der Waals surface area contributed by atoms with E-state index in [0.29, 0.717) is 11.5 Å². The number of fused-ring (bicyclic) bond motifs is 7. The van der Waals surface area contributed by atoms with Gasteiger partial charge in [0.15, 0.2) is 0 Å². The monoisotopic (exact) mass is 871 g/mol. The summed E-state index contributed by atoms with van der Waals surface area (Å²) in [6.45, 7) is 15.1. The van der Waals surface area contributed by atoms with Crippen LogP contribution in [-0.4, -0.2) is 21.4 Å². The van der Waals surface area contributed by atoms with Crippen LogP contribution in [0, 0.1) is 60.3 Å². The molecule has 0 saturated heterocycles. The Labute approximate surface area is 325 Å². The van der Waals surface area contributed by atoms with E-state index in [9.17, 15) is 0 Å². The van der Waals surface area contributed by atoms with Crippen molar-refractivity contribution in [2.75, 3.05) is 16.8 Å². The number of ether oxygens (including phenoxy) is 1. The number of imidazole rings is 1. The van der Waals surface area contributed by atoms with Gasteiger partial charge in [0.1, 0.15) is 5.65 Å². The molecule has 1 aliphatic rings. The van der Waals surface area contributed by atoms with Gasteiger partial charge in [0.2, 0.25) is 0 Å². The van der Waals surface area contributed by atoms with Crippen LogP contribution >= 0.6 is 0 Å². The van der Waals surface area contributed by atoms with E-state index in [1.165, 1.54) is 38.9 Å². The van der Waals surface area contributed by atoms with Gasteiger partial charge >= 0.3 is 0 Å². The molecule has 6 nitrogen and oxygen atoms in total. The van der Waals surface area contributed by atoms with Crippen LogP contribution in [0.1, 0.15) is 33.4 Å². The Kier molecular flexibility index (Phi) is 8.62. The number of hydrogen-bond donors (Lipinski definition) is 0. The summed E-state index contributed by atoms with van der Waals surface area (Å²) in [4.78, 5) is 14.8. The van der Waals surface area contributed by atoms with Gasteiger partial charge < -0.3 is 18.9 Å². The second-order valence-corrected chi connectivity index (χ2v) is 14.1. The minimum Gasteiger partial charge on any atom is -0.504 e. The normalized spacial score (nSPS) is 12.5. The molecule has 1 aliphatic heterocycles. The van der Waals surface area contributed by atoms with E-state index < -0.39 is 0 Å². The molecule has 0 saturated carbocycles. The van der Waals surface area contributed by atoms with Gasteiger partial charge in [0.25, 0.3) is 0 Å². The largest absolute Gasteiger partial charge is 0.504 e. The molecule has 0 spiro atoms. The summed E-state index contributed by atoms with van der Waals surface area (Å²) in [6, 6.07) is 38.7. The van der Waals surface area contributed by atoms with Crippen molar-refractivity contribution in [2.45, 2.75) is 41.5 Å². The fourth-order valence-corrected chi connectivity index (χ4v) is 8.24.